The summed E-state index contributed by atoms with van der Waals surface area (Å²) in [5.74, 6) is 6.98. The minimum Gasteiger partial charge on any atom is -0.254 e. The van der Waals surface area contributed by atoms with Crippen LogP contribution in [0.4, 0.5) is 11.4 Å². The van der Waals surface area contributed by atoms with Crippen LogP contribution < -0.4 is 0 Å². The number of unbranched alkanes of at least 4 members (excludes halogenated alkanes) is 18. The first-order valence-corrected chi connectivity index (χ1v) is 21.5. The molecular weight excluding hydrogens is 663 g/mol. The maximum absolute atomic E-state index is 5.20. The Morgan fingerprint density at radius 2 is 0.804 bits per heavy atom. The van der Waals surface area contributed by atoms with E-state index in [0.29, 0.717) is 0 Å². The van der Waals surface area contributed by atoms with Gasteiger partial charge in [-0.25, -0.2) is 4.99 Å². The fourth-order valence-corrected chi connectivity index (χ4v) is 6.74. The number of nitrogens with zero attached hydrogens (tertiary/aromatic N) is 2. The second-order valence-corrected chi connectivity index (χ2v) is 14.8. The van der Waals surface area contributed by atoms with Crippen molar-refractivity contribution in [2.75, 3.05) is 0 Å². The molecule has 0 aliphatic heterocycles. The van der Waals surface area contributed by atoms with Gasteiger partial charge in [0.1, 0.15) is 5.71 Å². The molecule has 288 valence electrons. The normalized spacial score (nSPS) is 11.5. The molecule has 0 spiro atoms. The second kappa shape index (κ2) is 32.5. The van der Waals surface area contributed by atoms with Crippen molar-refractivity contribution in [2.24, 2.45) is 9.98 Å². The minimum atomic E-state index is 0. The van der Waals surface area contributed by atoms with Crippen LogP contribution in [-0.2, 0) is 42.2 Å². The first-order chi connectivity index (χ1) is 24.6. The summed E-state index contributed by atoms with van der Waals surface area (Å²) in [5.41, 5.74) is 8.53. The first-order valence-electron chi connectivity index (χ1n) is 21.5. The van der Waals surface area contributed by atoms with E-state index in [1.807, 2.05) is 6.21 Å². The van der Waals surface area contributed by atoms with E-state index in [1.165, 1.54) is 164 Å². The van der Waals surface area contributed by atoms with Gasteiger partial charge < -0.3 is 0 Å². The summed E-state index contributed by atoms with van der Waals surface area (Å²) in [4.78, 5) is 10.3. The van der Waals surface area contributed by atoms with Crippen molar-refractivity contribution >= 4 is 23.3 Å². The Kier molecular flexibility index (Phi) is 29.8. The molecule has 0 heterocycles. The molecule has 0 aliphatic rings. The second-order valence-electron chi connectivity index (χ2n) is 14.8. The molecule has 0 aliphatic carbocycles. The molecule has 0 saturated carbocycles. The molecule has 0 atom stereocenters. The predicted molar refractivity (Wildman–Crippen MR) is 225 cm³/mol. The molecule has 0 saturated heterocycles. The smallest absolute Gasteiger partial charge is 0.132 e. The van der Waals surface area contributed by atoms with E-state index < -0.39 is 0 Å². The third-order valence-corrected chi connectivity index (χ3v) is 9.81. The van der Waals surface area contributed by atoms with Crippen LogP contribution in [0.25, 0.3) is 0 Å². The fraction of sp³-hybridized carbons (Fsp3) is 0.667. The van der Waals surface area contributed by atoms with E-state index in [4.69, 9.17) is 9.98 Å². The Balaban J connectivity index is 0.0000130. The zero-order valence-corrected chi connectivity index (χ0v) is 34.8. The molecule has 0 aromatic heterocycles. The predicted octanol–water partition coefficient (Wildman–Crippen LogP) is 15.4. The largest absolute Gasteiger partial charge is 0.254 e. The molecule has 0 radical (unpaired) electrons. The van der Waals surface area contributed by atoms with Crippen LogP contribution in [0.5, 0.6) is 0 Å². The van der Waals surface area contributed by atoms with Gasteiger partial charge in [0.2, 0.25) is 0 Å². The third-order valence-electron chi connectivity index (χ3n) is 9.81. The minimum absolute atomic E-state index is 0. The fourth-order valence-electron chi connectivity index (χ4n) is 6.74. The topological polar surface area (TPSA) is 24.7 Å². The number of rotatable bonds is 29. The zero-order valence-electron chi connectivity index (χ0n) is 33.8. The van der Waals surface area contributed by atoms with Gasteiger partial charge in [0, 0.05) is 22.9 Å². The van der Waals surface area contributed by atoms with Gasteiger partial charge in [-0.2, -0.15) is 0 Å². The van der Waals surface area contributed by atoms with Crippen LogP contribution >= 0.6 is 0 Å². The zero-order chi connectivity index (χ0) is 35.9. The Bertz CT molecular complexity index is 1210. The van der Waals surface area contributed by atoms with Gasteiger partial charge in [0.05, 0.1) is 17.6 Å². The number of benzene rings is 2. The average molecular weight is 740 g/mol. The van der Waals surface area contributed by atoms with Gasteiger partial charge in [-0.3, -0.25) is 4.99 Å². The van der Waals surface area contributed by atoms with Gasteiger partial charge >= 0.3 is 0 Å². The summed E-state index contributed by atoms with van der Waals surface area (Å²) >= 11 is 0. The third kappa shape index (κ3) is 23.9. The van der Waals surface area contributed by atoms with Crippen molar-refractivity contribution < 1.29 is 16.5 Å². The van der Waals surface area contributed by atoms with Crippen molar-refractivity contribution in [1.82, 2.24) is 0 Å². The SMILES string of the molecule is CCCCCCCCCCCCC#CC(/C=N/c1cc(CCCCC)cc(CCCCC)c1)=N\c1cc(CCCCC)cc(CCCCC)c1.[Ni]. The van der Waals surface area contributed by atoms with Crippen LogP contribution in [0.1, 0.15) is 205 Å². The van der Waals surface area contributed by atoms with Crippen molar-refractivity contribution in [3.8, 4) is 11.8 Å². The van der Waals surface area contributed by atoms with Crippen LogP contribution in [0, 0.1) is 11.8 Å². The molecule has 0 N–H and O–H groups in total. The Labute approximate surface area is 326 Å². The summed E-state index contributed by atoms with van der Waals surface area (Å²) < 4.78 is 0. The summed E-state index contributed by atoms with van der Waals surface area (Å²) in [6.07, 6.45) is 35.9. The van der Waals surface area contributed by atoms with Crippen molar-refractivity contribution in [3.05, 3.63) is 58.7 Å². The van der Waals surface area contributed by atoms with Crippen LogP contribution in [-0.4, -0.2) is 11.9 Å². The molecule has 0 fully saturated rings. The molecule has 3 heteroatoms. The van der Waals surface area contributed by atoms with Crippen molar-refractivity contribution in [2.45, 2.75) is 208 Å². The maximum atomic E-state index is 5.20. The molecule has 2 nitrogen and oxygen atoms in total. The summed E-state index contributed by atoms with van der Waals surface area (Å²) in [5, 5.41) is 0. The molecule has 2 aromatic carbocycles. The summed E-state index contributed by atoms with van der Waals surface area (Å²) in [6, 6.07) is 14.1. The van der Waals surface area contributed by atoms with Gasteiger partial charge in [-0.1, -0.05) is 162 Å². The summed E-state index contributed by atoms with van der Waals surface area (Å²) in [6.45, 7) is 11.4. The Morgan fingerprint density at radius 3 is 1.22 bits per heavy atom. The molecule has 0 bridgehead atoms. The van der Waals surface area contributed by atoms with Crippen molar-refractivity contribution in [3.63, 3.8) is 0 Å². The first kappa shape index (κ1) is 46.9. The van der Waals surface area contributed by atoms with Gasteiger partial charge in [0.15, 0.2) is 0 Å². The van der Waals surface area contributed by atoms with E-state index in [0.717, 1.165) is 49.2 Å². The van der Waals surface area contributed by atoms with E-state index in [2.05, 4.69) is 82.9 Å². The van der Waals surface area contributed by atoms with Crippen LogP contribution in [0.15, 0.2) is 46.4 Å². The Hall–Kier alpha value is -2.17. The number of aryl methyl sites for hydroxylation is 4. The summed E-state index contributed by atoms with van der Waals surface area (Å²) in [7, 11) is 0. The van der Waals surface area contributed by atoms with E-state index in [9.17, 15) is 0 Å². The number of hydrogen-bond acceptors (Lipinski definition) is 2. The molecule has 2 rings (SSSR count). The quantitative estimate of drug-likeness (QED) is 0.0344. The monoisotopic (exact) mass is 739 g/mol. The number of aliphatic imine (C=N–C) groups is 2. The molecule has 0 amide bonds. The average Bonchev–Trinajstić information content (AvgIpc) is 3.11. The Morgan fingerprint density at radius 1 is 0.451 bits per heavy atom. The number of hydrogen-bond donors (Lipinski definition) is 0. The van der Waals surface area contributed by atoms with Crippen molar-refractivity contribution in [1.29, 1.82) is 0 Å². The van der Waals surface area contributed by atoms with Gasteiger partial charge in [-0.05, 0) is 110 Å². The van der Waals surface area contributed by atoms with Gasteiger partial charge in [0.25, 0.3) is 0 Å². The van der Waals surface area contributed by atoms with Crippen LogP contribution in [0.2, 0.25) is 0 Å². The van der Waals surface area contributed by atoms with E-state index in [1.54, 1.807) is 0 Å². The standard InChI is InChI=1S/C48H76N2.Ni/c1-6-11-16-17-18-19-20-21-22-23-24-29-34-46(50-48-39-44(32-27-14-9-4)36-45(40-48)33-28-15-10-5)41-49-47-37-42(30-25-12-7-2)35-43(38-47)31-26-13-8-3;/h35-41H,6-28,30-33H2,1-5H3;/b49-41+,50-46+;. The van der Waals surface area contributed by atoms with Gasteiger partial charge in [-0.15, -0.1) is 0 Å². The van der Waals surface area contributed by atoms with E-state index in [-0.39, 0.29) is 16.5 Å². The molecular formula is C48H76N2Ni. The molecule has 0 unspecified atom stereocenters. The molecule has 2 aromatic rings. The maximum Gasteiger partial charge on any atom is 0.132 e. The molecule has 51 heavy (non-hydrogen) atoms. The van der Waals surface area contributed by atoms with Crippen LogP contribution in [0.3, 0.4) is 0 Å². The van der Waals surface area contributed by atoms with E-state index >= 15 is 0 Å².